The van der Waals surface area contributed by atoms with Crippen molar-refractivity contribution in [3.63, 3.8) is 0 Å². The maximum absolute atomic E-state index is 12.3. The molecule has 1 aromatic rings. The summed E-state index contributed by atoms with van der Waals surface area (Å²) in [7, 11) is 0. The van der Waals surface area contributed by atoms with Crippen LogP contribution in [-0.4, -0.2) is 43.6 Å². The van der Waals surface area contributed by atoms with Gasteiger partial charge in [0, 0.05) is 12.2 Å². The first kappa shape index (κ1) is 12.9. The maximum Gasteiger partial charge on any atom is 0.249 e. The van der Waals surface area contributed by atoms with Gasteiger partial charge < -0.3 is 4.90 Å². The second kappa shape index (κ2) is 4.45. The van der Waals surface area contributed by atoms with Crippen molar-refractivity contribution in [1.82, 2.24) is 15.1 Å². The summed E-state index contributed by atoms with van der Waals surface area (Å²) >= 11 is 3.02. The zero-order valence-electron chi connectivity index (χ0n) is 10.7. The summed E-state index contributed by atoms with van der Waals surface area (Å²) < 4.78 is 0. The molecule has 1 N–H and O–H groups in total. The van der Waals surface area contributed by atoms with E-state index in [1.807, 2.05) is 13.8 Å². The van der Waals surface area contributed by atoms with Crippen LogP contribution in [0.1, 0.15) is 24.8 Å². The zero-order chi connectivity index (χ0) is 13.6. The number of hydrogen-bond acceptors (Lipinski definition) is 6. The Labute approximate surface area is 119 Å². The third-order valence-corrected chi connectivity index (χ3v) is 5.76. The molecular weight excluding hydrogens is 284 g/mol. The minimum Gasteiger partial charge on any atom is -0.315 e. The fourth-order valence-electron chi connectivity index (χ4n) is 2.55. The standard InChI is InChI=1S/C11H14N4O2S2/c1-6-13-14-10(19-6)12-9(17)7-5-18-11(2)4-3-8(16)15(7)11/h7H,3-5H2,1-2H3,(H,12,14,17)/t7-,11-/m0/s1. The molecule has 2 fully saturated rings. The quantitative estimate of drug-likeness (QED) is 0.889. The number of carbonyl (C=O) groups is 2. The molecule has 6 nitrogen and oxygen atoms in total. The van der Waals surface area contributed by atoms with Gasteiger partial charge in [-0.1, -0.05) is 11.3 Å². The third kappa shape index (κ3) is 2.12. The number of aryl methyl sites for hydroxylation is 1. The Bertz CT molecular complexity index is 547. The lowest BCUT2D eigenvalue weighted by Crippen LogP contribution is -2.48. The van der Waals surface area contributed by atoms with E-state index in [2.05, 4.69) is 15.5 Å². The molecule has 2 saturated heterocycles. The highest BCUT2D eigenvalue weighted by atomic mass is 32.2. The van der Waals surface area contributed by atoms with Crippen LogP contribution in [0.4, 0.5) is 5.13 Å². The fourth-order valence-corrected chi connectivity index (χ4v) is 4.58. The van der Waals surface area contributed by atoms with E-state index in [0.29, 0.717) is 17.3 Å². The highest BCUT2D eigenvalue weighted by molar-refractivity contribution is 8.01. The molecule has 2 aliphatic heterocycles. The zero-order valence-corrected chi connectivity index (χ0v) is 12.3. The SMILES string of the molecule is Cc1nnc(NC(=O)[C@@H]2CS[C@@]3(C)CCC(=O)N23)s1. The van der Waals surface area contributed by atoms with E-state index in [1.165, 1.54) is 11.3 Å². The van der Waals surface area contributed by atoms with E-state index in [1.54, 1.807) is 16.7 Å². The van der Waals surface area contributed by atoms with Gasteiger partial charge in [-0.05, 0) is 20.3 Å². The van der Waals surface area contributed by atoms with Crippen LogP contribution >= 0.6 is 23.1 Å². The van der Waals surface area contributed by atoms with Crippen molar-refractivity contribution in [1.29, 1.82) is 0 Å². The summed E-state index contributed by atoms with van der Waals surface area (Å²) in [6.07, 6.45) is 1.35. The van der Waals surface area contributed by atoms with Crippen molar-refractivity contribution < 1.29 is 9.59 Å². The Morgan fingerprint density at radius 3 is 3.00 bits per heavy atom. The Hall–Kier alpha value is -1.15. The molecule has 3 rings (SSSR count). The number of amides is 2. The molecule has 2 atom stereocenters. The van der Waals surface area contributed by atoms with Gasteiger partial charge >= 0.3 is 0 Å². The second-order valence-corrected chi connectivity index (χ2v) is 7.56. The molecule has 2 aliphatic rings. The van der Waals surface area contributed by atoms with Gasteiger partial charge in [-0.2, -0.15) is 0 Å². The van der Waals surface area contributed by atoms with E-state index >= 15 is 0 Å². The van der Waals surface area contributed by atoms with Crippen LogP contribution < -0.4 is 5.32 Å². The number of carbonyl (C=O) groups excluding carboxylic acids is 2. The number of thioether (sulfide) groups is 1. The van der Waals surface area contributed by atoms with E-state index in [4.69, 9.17) is 0 Å². The van der Waals surface area contributed by atoms with Crippen LogP contribution in [0.25, 0.3) is 0 Å². The number of aromatic nitrogens is 2. The molecule has 8 heteroatoms. The molecule has 19 heavy (non-hydrogen) atoms. The lowest BCUT2D eigenvalue weighted by molar-refractivity contribution is -0.135. The lowest BCUT2D eigenvalue weighted by Gasteiger charge is -2.29. The minimum atomic E-state index is -0.394. The highest BCUT2D eigenvalue weighted by Gasteiger charge is 2.52. The molecule has 0 aromatic carbocycles. The summed E-state index contributed by atoms with van der Waals surface area (Å²) in [5.41, 5.74) is 0. The van der Waals surface area contributed by atoms with Crippen LogP contribution in [-0.2, 0) is 9.59 Å². The van der Waals surface area contributed by atoms with Crippen molar-refractivity contribution in [2.75, 3.05) is 11.1 Å². The molecule has 102 valence electrons. The van der Waals surface area contributed by atoms with E-state index in [-0.39, 0.29) is 16.7 Å². The van der Waals surface area contributed by atoms with Gasteiger partial charge in [0.05, 0.1) is 4.87 Å². The average Bonchev–Trinajstić information content (AvgIpc) is 2.97. The van der Waals surface area contributed by atoms with E-state index in [9.17, 15) is 9.59 Å². The predicted molar refractivity (Wildman–Crippen MR) is 74.0 cm³/mol. The lowest BCUT2D eigenvalue weighted by atomic mass is 10.2. The Morgan fingerprint density at radius 1 is 1.53 bits per heavy atom. The number of nitrogens with one attached hydrogen (secondary N) is 1. The first-order chi connectivity index (χ1) is 8.99. The summed E-state index contributed by atoms with van der Waals surface area (Å²) in [5.74, 6) is 0.551. The van der Waals surface area contributed by atoms with Crippen LogP contribution in [0.2, 0.25) is 0 Å². The molecular formula is C11H14N4O2S2. The van der Waals surface area contributed by atoms with Gasteiger partial charge in [-0.15, -0.1) is 22.0 Å². The summed E-state index contributed by atoms with van der Waals surface area (Å²) in [4.78, 5) is 25.7. The van der Waals surface area contributed by atoms with E-state index < -0.39 is 6.04 Å². The van der Waals surface area contributed by atoms with Gasteiger partial charge in [-0.25, -0.2) is 0 Å². The molecule has 2 amide bonds. The largest absolute Gasteiger partial charge is 0.315 e. The van der Waals surface area contributed by atoms with Gasteiger partial charge in [0.25, 0.3) is 0 Å². The minimum absolute atomic E-state index is 0.0705. The number of anilines is 1. The third-order valence-electron chi connectivity index (χ3n) is 3.50. The molecule has 0 unspecified atom stereocenters. The molecule has 1 aromatic heterocycles. The molecule has 3 heterocycles. The smallest absolute Gasteiger partial charge is 0.249 e. The Morgan fingerprint density at radius 2 is 2.32 bits per heavy atom. The first-order valence-corrected chi connectivity index (χ1v) is 7.87. The number of rotatable bonds is 2. The second-order valence-electron chi connectivity index (χ2n) is 4.88. The number of hydrogen-bond donors (Lipinski definition) is 1. The van der Waals surface area contributed by atoms with Crippen molar-refractivity contribution in [3.05, 3.63) is 5.01 Å². The van der Waals surface area contributed by atoms with Crippen molar-refractivity contribution in [3.8, 4) is 0 Å². The highest BCUT2D eigenvalue weighted by Crippen LogP contribution is 2.47. The molecule has 0 bridgehead atoms. The van der Waals surface area contributed by atoms with Crippen molar-refractivity contribution in [2.24, 2.45) is 0 Å². The van der Waals surface area contributed by atoms with Gasteiger partial charge in [-0.3, -0.25) is 14.9 Å². The monoisotopic (exact) mass is 298 g/mol. The Balaban J connectivity index is 1.76. The Kier molecular flexibility index (Phi) is 3.01. The van der Waals surface area contributed by atoms with Gasteiger partial charge in [0.15, 0.2) is 0 Å². The van der Waals surface area contributed by atoms with Crippen LogP contribution in [0.15, 0.2) is 0 Å². The first-order valence-electron chi connectivity index (χ1n) is 6.07. The summed E-state index contributed by atoms with van der Waals surface area (Å²) in [6, 6.07) is -0.394. The molecule has 0 saturated carbocycles. The van der Waals surface area contributed by atoms with Crippen LogP contribution in [0.5, 0.6) is 0 Å². The average molecular weight is 298 g/mol. The van der Waals surface area contributed by atoms with Crippen molar-refractivity contribution in [2.45, 2.75) is 37.6 Å². The van der Waals surface area contributed by atoms with Gasteiger partial charge in [0.2, 0.25) is 16.9 Å². The summed E-state index contributed by atoms with van der Waals surface area (Å²) in [5, 5.41) is 11.8. The normalized spacial score (nSPS) is 29.7. The van der Waals surface area contributed by atoms with Crippen LogP contribution in [0, 0.1) is 6.92 Å². The van der Waals surface area contributed by atoms with Gasteiger partial charge in [0.1, 0.15) is 11.0 Å². The topological polar surface area (TPSA) is 75.2 Å². The summed E-state index contributed by atoms with van der Waals surface area (Å²) in [6.45, 7) is 3.87. The molecule has 0 spiro atoms. The maximum atomic E-state index is 12.3. The predicted octanol–water partition coefficient (Wildman–Crippen LogP) is 1.24. The molecule has 0 radical (unpaired) electrons. The van der Waals surface area contributed by atoms with Crippen LogP contribution in [0.3, 0.4) is 0 Å². The number of fused-ring (bicyclic) bond motifs is 1. The molecule has 0 aliphatic carbocycles. The number of nitrogens with zero attached hydrogens (tertiary/aromatic N) is 3. The van der Waals surface area contributed by atoms with E-state index in [0.717, 1.165) is 11.4 Å². The van der Waals surface area contributed by atoms with Crippen molar-refractivity contribution >= 4 is 40.0 Å². The fraction of sp³-hybridized carbons (Fsp3) is 0.636.